The maximum atomic E-state index is 14.1. The van der Waals surface area contributed by atoms with Gasteiger partial charge in [-0.25, -0.2) is 14.4 Å². The van der Waals surface area contributed by atoms with Crippen LogP contribution in [0.5, 0.6) is 0 Å². The van der Waals surface area contributed by atoms with E-state index in [1.54, 1.807) is 43.1 Å². The Morgan fingerprint density at radius 1 is 0.929 bits per heavy atom. The molecule has 4 aromatic rings. The highest BCUT2D eigenvalue weighted by Crippen LogP contribution is 2.23. The number of hydrogen-bond donors (Lipinski definition) is 1. The molecule has 138 valence electrons. The molecular formula is C20H15FN6O. The second-order valence-electron chi connectivity index (χ2n) is 6.18. The van der Waals surface area contributed by atoms with Crippen LogP contribution in [0.1, 0.15) is 21.7 Å². The first kappa shape index (κ1) is 17.6. The Morgan fingerprint density at radius 3 is 2.61 bits per heavy atom. The number of nitrogens with zero attached hydrogens (tertiary/aromatic N) is 5. The Balaban J connectivity index is 1.58. The second-order valence-corrected chi connectivity index (χ2v) is 6.18. The molecule has 0 radical (unpaired) electrons. The minimum absolute atomic E-state index is 0.199. The van der Waals surface area contributed by atoms with Crippen molar-refractivity contribution in [3.05, 3.63) is 78.0 Å². The summed E-state index contributed by atoms with van der Waals surface area (Å²) in [7, 11) is 0. The van der Waals surface area contributed by atoms with E-state index in [-0.39, 0.29) is 12.1 Å². The zero-order valence-electron chi connectivity index (χ0n) is 14.9. The smallest absolute Gasteiger partial charge is 0.251 e. The molecule has 0 saturated heterocycles. The van der Waals surface area contributed by atoms with Gasteiger partial charge in [0.25, 0.3) is 5.91 Å². The highest BCUT2D eigenvalue weighted by atomic mass is 19.1. The van der Waals surface area contributed by atoms with E-state index < -0.39 is 11.7 Å². The van der Waals surface area contributed by atoms with Crippen LogP contribution in [0, 0.1) is 12.7 Å². The minimum atomic E-state index is -0.517. The number of amides is 1. The summed E-state index contributed by atoms with van der Waals surface area (Å²) in [6.45, 7) is 2.03. The van der Waals surface area contributed by atoms with Crippen LogP contribution in [-0.4, -0.2) is 30.8 Å². The largest absolute Gasteiger partial charge is 0.346 e. The van der Waals surface area contributed by atoms with Crippen molar-refractivity contribution < 1.29 is 9.18 Å². The summed E-state index contributed by atoms with van der Waals surface area (Å²) in [5.74, 6) is -0.923. The van der Waals surface area contributed by atoms with Gasteiger partial charge in [0, 0.05) is 35.9 Å². The Kier molecular flexibility index (Phi) is 4.67. The van der Waals surface area contributed by atoms with Crippen molar-refractivity contribution in [1.82, 2.24) is 30.2 Å². The first-order valence-corrected chi connectivity index (χ1v) is 8.52. The fourth-order valence-corrected chi connectivity index (χ4v) is 2.69. The summed E-state index contributed by atoms with van der Waals surface area (Å²) < 4.78 is 14.1. The third kappa shape index (κ3) is 3.80. The fourth-order valence-electron chi connectivity index (χ4n) is 2.69. The zero-order valence-corrected chi connectivity index (χ0v) is 14.9. The van der Waals surface area contributed by atoms with Crippen LogP contribution in [0.25, 0.3) is 22.3 Å². The molecule has 8 heteroatoms. The van der Waals surface area contributed by atoms with Crippen LogP contribution in [0.4, 0.5) is 4.39 Å². The fraction of sp³-hybridized carbons (Fsp3) is 0.100. The lowest BCUT2D eigenvalue weighted by atomic mass is 10.0. The molecule has 0 aliphatic heterocycles. The number of carbonyl (C=O) groups is 1. The molecule has 4 rings (SSSR count). The van der Waals surface area contributed by atoms with Crippen LogP contribution in [0.3, 0.4) is 0 Å². The quantitative estimate of drug-likeness (QED) is 0.590. The van der Waals surface area contributed by atoms with Crippen LogP contribution < -0.4 is 5.32 Å². The van der Waals surface area contributed by atoms with E-state index in [9.17, 15) is 9.18 Å². The van der Waals surface area contributed by atoms with Crippen molar-refractivity contribution in [2.75, 3.05) is 0 Å². The molecule has 1 amide bonds. The molecule has 3 heterocycles. The van der Waals surface area contributed by atoms with E-state index in [2.05, 4.69) is 30.2 Å². The van der Waals surface area contributed by atoms with E-state index in [4.69, 9.17) is 0 Å². The van der Waals surface area contributed by atoms with Gasteiger partial charge < -0.3 is 5.32 Å². The highest BCUT2D eigenvalue weighted by molar-refractivity contribution is 5.95. The van der Waals surface area contributed by atoms with Crippen molar-refractivity contribution in [1.29, 1.82) is 0 Å². The van der Waals surface area contributed by atoms with Crippen LogP contribution >= 0.6 is 0 Å². The average molecular weight is 374 g/mol. The molecule has 0 fully saturated rings. The van der Waals surface area contributed by atoms with Crippen molar-refractivity contribution in [3.63, 3.8) is 0 Å². The molecule has 0 spiro atoms. The van der Waals surface area contributed by atoms with E-state index >= 15 is 0 Å². The molecule has 3 aromatic heterocycles. The molecule has 0 atom stereocenters. The van der Waals surface area contributed by atoms with Crippen LogP contribution in [0.2, 0.25) is 0 Å². The monoisotopic (exact) mass is 374 g/mol. The van der Waals surface area contributed by atoms with Crippen molar-refractivity contribution in [2.24, 2.45) is 0 Å². The van der Waals surface area contributed by atoms with Crippen molar-refractivity contribution in [3.8, 4) is 11.1 Å². The number of rotatable bonds is 4. The number of aryl methyl sites for hydroxylation is 1. The molecule has 28 heavy (non-hydrogen) atoms. The van der Waals surface area contributed by atoms with Crippen molar-refractivity contribution >= 4 is 17.1 Å². The summed E-state index contributed by atoms with van der Waals surface area (Å²) in [4.78, 5) is 33.3. The molecule has 0 aliphatic carbocycles. The number of nitrogens with one attached hydrogen (secondary N) is 1. The maximum Gasteiger partial charge on any atom is 0.251 e. The predicted octanol–water partition coefficient (Wildman–Crippen LogP) is 2.86. The number of pyridine rings is 1. The van der Waals surface area contributed by atoms with Gasteiger partial charge in [0.15, 0.2) is 5.65 Å². The summed E-state index contributed by atoms with van der Waals surface area (Å²) in [5.41, 5.74) is 3.88. The number of hydrogen-bond acceptors (Lipinski definition) is 6. The Bertz CT molecular complexity index is 1160. The number of fused-ring (bicyclic) bond motifs is 1. The lowest BCUT2D eigenvalue weighted by Crippen LogP contribution is -2.23. The summed E-state index contributed by atoms with van der Waals surface area (Å²) >= 11 is 0. The molecule has 0 aliphatic rings. The SMILES string of the molecule is Cc1cnc(CNC(=O)c2cc(F)cc(-c3cnc4nccnc4c3)c2)cn1. The normalized spacial score (nSPS) is 10.8. The van der Waals surface area contributed by atoms with Crippen LogP contribution in [0.15, 0.2) is 55.2 Å². The molecule has 0 bridgehead atoms. The molecule has 1 N–H and O–H groups in total. The minimum Gasteiger partial charge on any atom is -0.346 e. The third-order valence-electron chi connectivity index (χ3n) is 4.08. The number of carbonyl (C=O) groups excluding carboxylic acids is 1. The van der Waals surface area contributed by atoms with E-state index in [1.165, 1.54) is 12.1 Å². The lowest BCUT2D eigenvalue weighted by Gasteiger charge is -2.08. The second kappa shape index (κ2) is 7.43. The molecule has 0 unspecified atom stereocenters. The van der Waals surface area contributed by atoms with Gasteiger partial charge >= 0.3 is 0 Å². The number of halogens is 1. The van der Waals surface area contributed by atoms with Gasteiger partial charge in [-0.2, -0.15) is 0 Å². The van der Waals surface area contributed by atoms with Gasteiger partial charge in [0.1, 0.15) is 11.3 Å². The van der Waals surface area contributed by atoms with Gasteiger partial charge in [0.05, 0.1) is 24.1 Å². The molecule has 0 saturated carbocycles. The summed E-state index contributed by atoms with van der Waals surface area (Å²) in [6, 6.07) is 5.90. The third-order valence-corrected chi connectivity index (χ3v) is 4.08. The zero-order chi connectivity index (χ0) is 19.5. The van der Waals surface area contributed by atoms with Gasteiger partial charge in [-0.15, -0.1) is 0 Å². The van der Waals surface area contributed by atoms with Crippen LogP contribution in [-0.2, 0) is 6.54 Å². The Labute approximate surface area is 159 Å². The Hall–Kier alpha value is -3.81. The standard InChI is InChI=1S/C20H15FN6O/c1-12-8-25-17(10-24-12)11-27-20(28)14-4-13(5-16(21)6-14)15-7-18-19(26-9-15)23-3-2-22-18/h2-10H,11H2,1H3,(H,27,28). The van der Waals surface area contributed by atoms with E-state index in [1.807, 2.05) is 6.92 Å². The molecule has 7 nitrogen and oxygen atoms in total. The molecule has 1 aromatic carbocycles. The maximum absolute atomic E-state index is 14.1. The molecular weight excluding hydrogens is 359 g/mol. The summed E-state index contributed by atoms with van der Waals surface area (Å²) in [5, 5.41) is 2.72. The first-order chi connectivity index (χ1) is 13.6. The van der Waals surface area contributed by atoms with Gasteiger partial charge in [-0.05, 0) is 36.8 Å². The van der Waals surface area contributed by atoms with E-state index in [0.29, 0.717) is 28.0 Å². The highest BCUT2D eigenvalue weighted by Gasteiger charge is 2.11. The average Bonchev–Trinajstić information content (AvgIpc) is 2.72. The lowest BCUT2D eigenvalue weighted by molar-refractivity contribution is 0.0950. The summed E-state index contributed by atoms with van der Waals surface area (Å²) in [6.07, 6.45) is 7.91. The number of aromatic nitrogens is 5. The number of benzene rings is 1. The van der Waals surface area contributed by atoms with Crippen molar-refractivity contribution in [2.45, 2.75) is 13.5 Å². The first-order valence-electron chi connectivity index (χ1n) is 8.52. The topological polar surface area (TPSA) is 93.6 Å². The Morgan fingerprint density at radius 2 is 1.79 bits per heavy atom. The predicted molar refractivity (Wildman–Crippen MR) is 101 cm³/mol. The van der Waals surface area contributed by atoms with Gasteiger partial charge in [0.2, 0.25) is 0 Å². The van der Waals surface area contributed by atoms with Gasteiger partial charge in [-0.1, -0.05) is 0 Å². The van der Waals surface area contributed by atoms with E-state index in [0.717, 1.165) is 5.69 Å². The van der Waals surface area contributed by atoms with Gasteiger partial charge in [-0.3, -0.25) is 19.7 Å².